The maximum atomic E-state index is 14.3. The number of hydrogen-bond acceptors (Lipinski definition) is 3. The summed E-state index contributed by atoms with van der Waals surface area (Å²) in [4.78, 5) is 33.4. The van der Waals surface area contributed by atoms with Gasteiger partial charge in [0.2, 0.25) is 0 Å². The molecule has 5 nitrogen and oxygen atoms in total. The molecule has 0 saturated heterocycles. The molecule has 0 amide bonds. The number of para-hydroxylation sites is 3. The van der Waals surface area contributed by atoms with Gasteiger partial charge in [0, 0.05) is 63.9 Å². The van der Waals surface area contributed by atoms with E-state index in [1.54, 1.807) is 15.0 Å². The van der Waals surface area contributed by atoms with Crippen molar-refractivity contribution in [2.45, 2.75) is 27.7 Å². The Labute approximate surface area is 283 Å². The van der Waals surface area contributed by atoms with Crippen molar-refractivity contribution in [2.24, 2.45) is 0 Å². The topological polar surface area (TPSA) is 56.4 Å². The van der Waals surface area contributed by atoms with E-state index in [-0.39, 0.29) is 11.1 Å². The van der Waals surface area contributed by atoms with Crippen molar-refractivity contribution in [2.75, 3.05) is 0 Å². The van der Waals surface area contributed by atoms with Crippen LogP contribution in [0.15, 0.2) is 88.5 Å². The zero-order chi connectivity index (χ0) is 33.3. The SMILES string of the molecule is C=c1c2cc(C)c3c4ccc5c(=O)n6c7ccccc7nc6c6cc(Cl)c(c7c(Cl)cc(c(=O)n1-c1ccccc1C)c2c37)c4c56.CC. The first-order chi connectivity index (χ1) is 23.3. The van der Waals surface area contributed by atoms with Crippen LogP contribution in [0.25, 0.3) is 93.6 Å². The zero-order valence-electron chi connectivity index (χ0n) is 26.6. The molecule has 0 N–H and O–H groups in total. The first-order valence-corrected chi connectivity index (χ1v) is 16.7. The van der Waals surface area contributed by atoms with E-state index in [1.165, 1.54) is 0 Å². The molecule has 48 heavy (non-hydrogen) atoms. The molecule has 232 valence electrons. The first kappa shape index (κ1) is 29.0. The fraction of sp³-hybridized carbons (Fsp3) is 0.0976. The van der Waals surface area contributed by atoms with Crippen LogP contribution in [0.2, 0.25) is 10.0 Å². The molecule has 0 atom stereocenters. The maximum absolute atomic E-state index is 14.3. The largest absolute Gasteiger partial charge is 0.277 e. The van der Waals surface area contributed by atoms with Crippen LogP contribution in [0.5, 0.6) is 0 Å². The molecule has 0 unspecified atom stereocenters. The van der Waals surface area contributed by atoms with Gasteiger partial charge in [0.1, 0.15) is 5.65 Å². The average Bonchev–Trinajstić information content (AvgIpc) is 3.49. The average molecular weight is 665 g/mol. The summed E-state index contributed by atoms with van der Waals surface area (Å²) >= 11 is 14.5. The maximum Gasteiger partial charge on any atom is 0.264 e. The van der Waals surface area contributed by atoms with Gasteiger partial charge >= 0.3 is 0 Å². The zero-order valence-corrected chi connectivity index (χ0v) is 28.1. The molecule has 0 aliphatic rings. The van der Waals surface area contributed by atoms with E-state index in [4.69, 9.17) is 28.2 Å². The third kappa shape index (κ3) is 3.40. The number of fused-ring (bicyclic) bond motifs is 6. The third-order valence-corrected chi connectivity index (χ3v) is 10.5. The van der Waals surface area contributed by atoms with Gasteiger partial charge in [-0.05, 0) is 78.2 Å². The molecule has 0 radical (unpaired) electrons. The molecule has 0 fully saturated rings. The Hall–Kier alpha value is -5.23. The van der Waals surface area contributed by atoms with E-state index in [2.05, 4.69) is 19.6 Å². The summed E-state index contributed by atoms with van der Waals surface area (Å²) in [5.74, 6) is 0. The van der Waals surface area contributed by atoms with Crippen molar-refractivity contribution >= 4 is 111 Å². The summed E-state index contributed by atoms with van der Waals surface area (Å²) in [7, 11) is 0. The van der Waals surface area contributed by atoms with E-state index in [1.807, 2.05) is 87.5 Å². The van der Waals surface area contributed by atoms with Crippen LogP contribution in [0.3, 0.4) is 0 Å². The molecule has 7 aromatic carbocycles. The summed E-state index contributed by atoms with van der Waals surface area (Å²) in [6.45, 7) is 12.5. The van der Waals surface area contributed by atoms with Crippen molar-refractivity contribution in [1.29, 1.82) is 0 Å². The Balaban J connectivity index is 0.00000154. The highest BCUT2D eigenvalue weighted by Crippen LogP contribution is 2.50. The normalized spacial score (nSPS) is 12.2. The Morgan fingerprint density at radius 2 is 1.25 bits per heavy atom. The van der Waals surface area contributed by atoms with Gasteiger partial charge in [0.15, 0.2) is 0 Å². The lowest BCUT2D eigenvalue weighted by Crippen LogP contribution is -2.32. The van der Waals surface area contributed by atoms with Gasteiger partial charge in [0.25, 0.3) is 11.1 Å². The van der Waals surface area contributed by atoms with Crippen LogP contribution in [-0.4, -0.2) is 14.0 Å². The van der Waals surface area contributed by atoms with Crippen LogP contribution >= 0.6 is 23.2 Å². The summed E-state index contributed by atoms with van der Waals surface area (Å²) < 4.78 is 3.37. The highest BCUT2D eigenvalue weighted by atomic mass is 35.5. The molecule has 0 aliphatic carbocycles. The van der Waals surface area contributed by atoms with E-state index in [0.29, 0.717) is 31.8 Å². The molecule has 0 saturated carbocycles. The predicted molar refractivity (Wildman–Crippen MR) is 204 cm³/mol. The minimum absolute atomic E-state index is 0.131. The van der Waals surface area contributed by atoms with E-state index in [0.717, 1.165) is 81.7 Å². The molecule has 0 spiro atoms. The monoisotopic (exact) mass is 663 g/mol. The van der Waals surface area contributed by atoms with Gasteiger partial charge in [-0.25, -0.2) is 4.98 Å². The number of aryl methyl sites for hydroxylation is 2. The Bertz CT molecular complexity index is 3160. The van der Waals surface area contributed by atoms with Crippen LogP contribution in [0, 0.1) is 13.8 Å². The van der Waals surface area contributed by atoms with E-state index < -0.39 is 0 Å². The van der Waals surface area contributed by atoms with Gasteiger partial charge in [-0.2, -0.15) is 0 Å². The lowest BCUT2D eigenvalue weighted by molar-refractivity contribution is 0.968. The van der Waals surface area contributed by atoms with Gasteiger partial charge in [-0.15, -0.1) is 0 Å². The third-order valence-electron chi connectivity index (χ3n) is 9.91. The summed E-state index contributed by atoms with van der Waals surface area (Å²) in [5.41, 5.74) is 4.52. The van der Waals surface area contributed by atoms with Crippen molar-refractivity contribution in [3.8, 4) is 5.69 Å². The quantitative estimate of drug-likeness (QED) is 0.130. The summed E-state index contributed by atoms with van der Waals surface area (Å²) in [6, 6.07) is 25.2. The second kappa shape index (κ2) is 9.89. The second-order valence-electron chi connectivity index (χ2n) is 12.3. The van der Waals surface area contributed by atoms with Gasteiger partial charge < -0.3 is 0 Å². The second-order valence-corrected chi connectivity index (χ2v) is 13.1. The van der Waals surface area contributed by atoms with E-state index in [9.17, 15) is 9.59 Å². The molecule has 10 rings (SSSR count). The number of nitrogens with zero attached hydrogens (tertiary/aromatic N) is 3. The lowest BCUT2D eigenvalue weighted by atomic mass is 9.84. The van der Waals surface area contributed by atoms with Crippen molar-refractivity contribution in [3.05, 3.63) is 126 Å². The molecule has 10 aromatic rings. The van der Waals surface area contributed by atoms with Crippen molar-refractivity contribution < 1.29 is 0 Å². The lowest BCUT2D eigenvalue weighted by Gasteiger charge is -2.22. The predicted octanol–water partition coefficient (Wildman–Crippen LogP) is 9.87. The fourth-order valence-corrected chi connectivity index (χ4v) is 8.63. The van der Waals surface area contributed by atoms with Gasteiger partial charge in [0.05, 0.1) is 22.1 Å². The fourth-order valence-electron chi connectivity index (χ4n) is 8.03. The minimum Gasteiger partial charge on any atom is -0.277 e. The number of hydrogen-bond donors (Lipinski definition) is 0. The molecule has 3 aromatic heterocycles. The van der Waals surface area contributed by atoms with Crippen LogP contribution in [0.1, 0.15) is 25.0 Å². The number of aromatic nitrogens is 3. The Morgan fingerprint density at radius 3 is 2.02 bits per heavy atom. The minimum atomic E-state index is -0.179. The first-order valence-electron chi connectivity index (χ1n) is 16.0. The molecular weight excluding hydrogens is 637 g/mol. The summed E-state index contributed by atoms with van der Waals surface area (Å²) in [6.07, 6.45) is 0. The van der Waals surface area contributed by atoms with Crippen molar-refractivity contribution in [1.82, 2.24) is 14.0 Å². The van der Waals surface area contributed by atoms with E-state index >= 15 is 0 Å². The number of pyridine rings is 2. The molecule has 0 bridgehead atoms. The standard InChI is InChI=1S/C39H21Cl2N3O2.C2H6/c1-17-8-4-6-10-28(17)43-19(3)22-14-18(2)30-20-12-13-21-31-23(37-42-27-9-5-7-11-29(27)44(37)38(21)45)15-25(40)34(33(20)31)35-26(41)16-24(39(43)46)32(22)36(30)35;1-2/h4-16H,3H2,1-2H3;1-2H3. The van der Waals surface area contributed by atoms with Crippen LogP contribution in [0.4, 0.5) is 0 Å². The molecule has 0 aliphatic heterocycles. The highest BCUT2D eigenvalue weighted by molar-refractivity contribution is 6.51. The van der Waals surface area contributed by atoms with Crippen LogP contribution in [-0.2, 0) is 0 Å². The number of halogens is 2. The van der Waals surface area contributed by atoms with Crippen molar-refractivity contribution in [3.63, 3.8) is 0 Å². The number of imidazole rings is 1. The number of benzene rings is 7. The summed E-state index contributed by atoms with van der Waals surface area (Å²) in [5, 5.41) is 11.1. The van der Waals surface area contributed by atoms with Gasteiger partial charge in [-0.1, -0.05) is 80.0 Å². The Kier molecular flexibility index (Phi) is 5.97. The Morgan fingerprint density at radius 1 is 0.604 bits per heavy atom. The number of rotatable bonds is 1. The highest BCUT2D eigenvalue weighted by Gasteiger charge is 2.27. The molecular formula is C41H27Cl2N3O2. The van der Waals surface area contributed by atoms with Crippen LogP contribution < -0.4 is 16.5 Å². The molecule has 7 heteroatoms. The van der Waals surface area contributed by atoms with Gasteiger partial charge in [-0.3, -0.25) is 18.6 Å². The molecule has 3 heterocycles. The smallest absolute Gasteiger partial charge is 0.264 e.